The molecule has 1 N–H and O–H groups in total. The van der Waals surface area contributed by atoms with E-state index in [-0.39, 0.29) is 5.91 Å². The van der Waals surface area contributed by atoms with Crippen LogP contribution in [0.5, 0.6) is 0 Å². The number of anilines is 1. The lowest BCUT2D eigenvalue weighted by Gasteiger charge is -2.44. The molecule has 1 aromatic carbocycles. The first-order valence-corrected chi connectivity index (χ1v) is 13.3. The third-order valence-corrected chi connectivity index (χ3v) is 7.90. The average Bonchev–Trinajstić information content (AvgIpc) is 2.84. The highest BCUT2D eigenvalue weighted by Gasteiger charge is 2.31. The molecule has 2 aliphatic rings. The molecule has 33 heavy (non-hydrogen) atoms. The highest BCUT2D eigenvalue weighted by atomic mass is 16.1. The molecule has 184 valence electrons. The number of piperidine rings is 1. The Bertz CT molecular complexity index is 735. The third-order valence-electron chi connectivity index (χ3n) is 7.90. The third kappa shape index (κ3) is 7.58. The Labute approximate surface area is 202 Å². The van der Waals surface area contributed by atoms with Gasteiger partial charge in [-0.2, -0.15) is 0 Å². The quantitative estimate of drug-likeness (QED) is 0.523. The topological polar surface area (TPSA) is 38.8 Å². The van der Waals surface area contributed by atoms with Gasteiger partial charge >= 0.3 is 0 Å². The van der Waals surface area contributed by atoms with Gasteiger partial charge in [-0.1, -0.05) is 31.9 Å². The SMILES string of the molecule is CCN(CC)c1ccc(/C=C/C(=O)NCCN2CCC(N(C)[C@H]3CCCC[C@@H]3C)CC2)cc1. The molecular formula is C28H46N4O. The monoisotopic (exact) mass is 454 g/mol. The van der Waals surface area contributed by atoms with Gasteiger partial charge in [-0.25, -0.2) is 0 Å². The van der Waals surface area contributed by atoms with E-state index >= 15 is 0 Å². The van der Waals surface area contributed by atoms with Crippen molar-refractivity contribution in [3.8, 4) is 0 Å². The second-order valence-electron chi connectivity index (χ2n) is 9.96. The van der Waals surface area contributed by atoms with Crippen LogP contribution in [0.3, 0.4) is 0 Å². The summed E-state index contributed by atoms with van der Waals surface area (Å²) in [6.07, 6.45) is 11.6. The number of nitrogens with zero attached hydrogens (tertiary/aromatic N) is 3. The first-order chi connectivity index (χ1) is 16.0. The number of hydrogen-bond acceptors (Lipinski definition) is 4. The molecule has 1 amide bonds. The summed E-state index contributed by atoms with van der Waals surface area (Å²) in [5, 5.41) is 3.05. The molecule has 2 fully saturated rings. The van der Waals surface area contributed by atoms with Crippen LogP contribution in [0.15, 0.2) is 30.3 Å². The molecular weight excluding hydrogens is 408 g/mol. The lowest BCUT2D eigenvalue weighted by atomic mass is 9.84. The molecule has 1 aliphatic heterocycles. The highest BCUT2D eigenvalue weighted by Crippen LogP contribution is 2.30. The normalized spacial score (nSPS) is 22.7. The number of likely N-dealkylation sites (tertiary alicyclic amines) is 1. The van der Waals surface area contributed by atoms with Crippen molar-refractivity contribution < 1.29 is 4.79 Å². The molecule has 0 radical (unpaired) electrons. The van der Waals surface area contributed by atoms with Gasteiger partial charge in [0.2, 0.25) is 5.91 Å². The van der Waals surface area contributed by atoms with Crippen LogP contribution < -0.4 is 10.2 Å². The van der Waals surface area contributed by atoms with Gasteiger partial charge in [-0.15, -0.1) is 0 Å². The maximum Gasteiger partial charge on any atom is 0.244 e. The molecule has 0 bridgehead atoms. The minimum Gasteiger partial charge on any atom is -0.372 e. The van der Waals surface area contributed by atoms with Crippen LogP contribution in [0.25, 0.3) is 6.08 Å². The standard InChI is InChI=1S/C28H46N4O/c1-5-32(6-2)26-14-11-24(12-15-26)13-16-28(33)29-19-22-31-20-17-25(18-21-31)30(4)27-10-8-7-9-23(27)3/h11-16,23,25,27H,5-10,17-22H2,1-4H3,(H,29,33)/b16-13+/t23-,27-/m0/s1. The predicted octanol–water partition coefficient (Wildman–Crippen LogP) is 4.64. The van der Waals surface area contributed by atoms with Crippen LogP contribution >= 0.6 is 0 Å². The van der Waals surface area contributed by atoms with Crippen molar-refractivity contribution in [3.63, 3.8) is 0 Å². The van der Waals surface area contributed by atoms with Gasteiger partial charge in [0.25, 0.3) is 0 Å². The fourth-order valence-corrected chi connectivity index (χ4v) is 5.68. The van der Waals surface area contributed by atoms with Gasteiger partial charge in [-0.05, 0) is 89.4 Å². The number of benzene rings is 1. The molecule has 5 heteroatoms. The number of nitrogens with one attached hydrogen (secondary N) is 1. The number of hydrogen-bond donors (Lipinski definition) is 1. The second-order valence-corrected chi connectivity index (χ2v) is 9.96. The Morgan fingerprint density at radius 3 is 2.36 bits per heavy atom. The summed E-state index contributed by atoms with van der Waals surface area (Å²) >= 11 is 0. The van der Waals surface area contributed by atoms with Crippen molar-refractivity contribution in [2.24, 2.45) is 5.92 Å². The molecule has 2 atom stereocenters. The van der Waals surface area contributed by atoms with Crippen molar-refractivity contribution in [1.82, 2.24) is 15.1 Å². The van der Waals surface area contributed by atoms with Crippen LogP contribution in [-0.4, -0.2) is 74.1 Å². The molecule has 1 heterocycles. The summed E-state index contributed by atoms with van der Waals surface area (Å²) < 4.78 is 0. The molecule has 0 unspecified atom stereocenters. The molecule has 5 nitrogen and oxygen atoms in total. The van der Waals surface area contributed by atoms with E-state index in [1.165, 1.54) is 44.2 Å². The van der Waals surface area contributed by atoms with Crippen molar-refractivity contribution in [2.45, 2.75) is 71.4 Å². The highest BCUT2D eigenvalue weighted by molar-refractivity contribution is 5.91. The number of carbonyl (C=O) groups is 1. The second kappa shape index (κ2) is 13.1. The first kappa shape index (κ1) is 25.8. The zero-order valence-corrected chi connectivity index (χ0v) is 21.4. The van der Waals surface area contributed by atoms with E-state index in [1.54, 1.807) is 6.08 Å². The first-order valence-electron chi connectivity index (χ1n) is 13.3. The Hall–Kier alpha value is -1.85. The van der Waals surface area contributed by atoms with Gasteiger partial charge in [0.1, 0.15) is 0 Å². The summed E-state index contributed by atoms with van der Waals surface area (Å²) in [5.41, 5.74) is 2.28. The van der Waals surface area contributed by atoms with E-state index in [0.29, 0.717) is 6.54 Å². The lowest BCUT2D eigenvalue weighted by Crippen LogP contribution is -2.50. The molecule has 0 spiro atoms. The van der Waals surface area contributed by atoms with Crippen molar-refractivity contribution in [3.05, 3.63) is 35.9 Å². The van der Waals surface area contributed by atoms with E-state index in [0.717, 1.165) is 56.3 Å². The van der Waals surface area contributed by atoms with Gasteiger partial charge in [0, 0.05) is 50.0 Å². The lowest BCUT2D eigenvalue weighted by molar-refractivity contribution is -0.116. The predicted molar refractivity (Wildman–Crippen MR) is 141 cm³/mol. The minimum atomic E-state index is -0.0104. The van der Waals surface area contributed by atoms with Crippen LogP contribution in [-0.2, 0) is 4.79 Å². The Balaban J connectivity index is 1.34. The van der Waals surface area contributed by atoms with Crippen molar-refractivity contribution >= 4 is 17.7 Å². The maximum absolute atomic E-state index is 12.2. The van der Waals surface area contributed by atoms with Crippen LogP contribution in [0.4, 0.5) is 5.69 Å². The minimum absolute atomic E-state index is 0.0104. The molecule has 1 saturated heterocycles. The van der Waals surface area contributed by atoms with E-state index in [4.69, 9.17) is 0 Å². The molecule has 1 aromatic rings. The van der Waals surface area contributed by atoms with E-state index < -0.39 is 0 Å². The maximum atomic E-state index is 12.2. The van der Waals surface area contributed by atoms with E-state index in [1.807, 2.05) is 6.08 Å². The number of carbonyl (C=O) groups excluding carboxylic acids is 1. The summed E-state index contributed by atoms with van der Waals surface area (Å²) in [5.74, 6) is 0.828. The van der Waals surface area contributed by atoms with Gasteiger partial charge < -0.3 is 20.0 Å². The number of amides is 1. The zero-order valence-electron chi connectivity index (χ0n) is 21.4. The van der Waals surface area contributed by atoms with E-state index in [2.05, 4.69) is 72.1 Å². The average molecular weight is 455 g/mol. The summed E-state index contributed by atoms with van der Waals surface area (Å²) in [7, 11) is 2.36. The zero-order chi connectivity index (χ0) is 23.6. The van der Waals surface area contributed by atoms with Crippen LogP contribution in [0.2, 0.25) is 0 Å². The summed E-state index contributed by atoms with van der Waals surface area (Å²) in [4.78, 5) is 19.8. The molecule has 0 aromatic heterocycles. The Kier molecular flexibility index (Phi) is 10.3. The Morgan fingerprint density at radius 1 is 1.06 bits per heavy atom. The van der Waals surface area contributed by atoms with Crippen molar-refractivity contribution in [1.29, 1.82) is 0 Å². The molecule has 1 saturated carbocycles. The smallest absolute Gasteiger partial charge is 0.244 e. The van der Waals surface area contributed by atoms with Gasteiger partial charge in [-0.3, -0.25) is 4.79 Å². The van der Waals surface area contributed by atoms with Crippen molar-refractivity contribution in [2.75, 3.05) is 51.2 Å². The van der Waals surface area contributed by atoms with Crippen LogP contribution in [0.1, 0.15) is 64.9 Å². The fraction of sp³-hybridized carbons (Fsp3) is 0.679. The van der Waals surface area contributed by atoms with Gasteiger partial charge in [0.05, 0.1) is 0 Å². The fourth-order valence-electron chi connectivity index (χ4n) is 5.68. The number of rotatable bonds is 10. The Morgan fingerprint density at radius 2 is 1.73 bits per heavy atom. The largest absolute Gasteiger partial charge is 0.372 e. The molecule has 3 rings (SSSR count). The molecule has 1 aliphatic carbocycles. The van der Waals surface area contributed by atoms with E-state index in [9.17, 15) is 4.79 Å². The van der Waals surface area contributed by atoms with Crippen LogP contribution in [0, 0.1) is 5.92 Å². The summed E-state index contributed by atoms with van der Waals surface area (Å²) in [6.45, 7) is 12.7. The summed E-state index contributed by atoms with van der Waals surface area (Å²) in [6, 6.07) is 9.90. The van der Waals surface area contributed by atoms with Gasteiger partial charge in [0.15, 0.2) is 0 Å².